The van der Waals surface area contributed by atoms with Gasteiger partial charge in [0.05, 0.1) is 5.69 Å². The number of aromatic nitrogens is 2. The van der Waals surface area contributed by atoms with Crippen molar-refractivity contribution in [3.05, 3.63) is 17.0 Å². The Kier molecular flexibility index (Phi) is 6.30. The van der Waals surface area contributed by atoms with E-state index < -0.39 is 0 Å². The molecule has 1 saturated heterocycles. The topological polar surface area (TPSA) is 57.5 Å². The van der Waals surface area contributed by atoms with Crippen LogP contribution in [0.15, 0.2) is 4.99 Å². The van der Waals surface area contributed by atoms with Crippen LogP contribution >= 0.6 is 24.0 Å². The molecule has 1 aliphatic heterocycles. The second-order valence-electron chi connectivity index (χ2n) is 6.55. The van der Waals surface area contributed by atoms with Gasteiger partial charge >= 0.3 is 0 Å². The molecule has 0 bridgehead atoms. The Morgan fingerprint density at radius 3 is 2.61 bits per heavy atom. The predicted octanol–water partition coefficient (Wildman–Crippen LogP) is 1.56. The molecule has 2 aliphatic rings. The molecule has 1 saturated carbocycles. The Bertz CT molecular complexity index is 563. The van der Waals surface area contributed by atoms with Crippen LogP contribution < -0.4 is 10.6 Å². The number of rotatable bonds is 4. The lowest BCUT2D eigenvalue weighted by Crippen LogP contribution is -2.44. The standard InChI is InChI=1S/C16H28N6.HI/c1-11-15(12(2)21(4)20-11)9-18-16(17-3)19-13-7-8-22(10-13)14-5-6-14;/h13-14H,5-10H2,1-4H3,(H2,17,18,19);1H. The Morgan fingerprint density at radius 2 is 2.04 bits per heavy atom. The molecule has 2 N–H and O–H groups in total. The summed E-state index contributed by atoms with van der Waals surface area (Å²) in [7, 11) is 3.83. The average molecular weight is 432 g/mol. The molecule has 1 unspecified atom stereocenters. The molecule has 2 heterocycles. The largest absolute Gasteiger partial charge is 0.352 e. The number of aliphatic imine (C=N–C) groups is 1. The van der Waals surface area contributed by atoms with Crippen molar-refractivity contribution in [2.75, 3.05) is 20.1 Å². The fourth-order valence-corrected chi connectivity index (χ4v) is 3.31. The van der Waals surface area contributed by atoms with Gasteiger partial charge in [0.25, 0.3) is 0 Å². The first-order valence-corrected chi connectivity index (χ1v) is 8.28. The number of nitrogens with zero attached hydrogens (tertiary/aromatic N) is 4. The van der Waals surface area contributed by atoms with Crippen molar-refractivity contribution in [3.8, 4) is 0 Å². The first-order valence-electron chi connectivity index (χ1n) is 8.28. The molecule has 130 valence electrons. The van der Waals surface area contributed by atoms with Crippen molar-refractivity contribution >= 4 is 29.9 Å². The first kappa shape index (κ1) is 18.5. The van der Waals surface area contributed by atoms with Crippen molar-refractivity contribution in [1.82, 2.24) is 25.3 Å². The second-order valence-corrected chi connectivity index (χ2v) is 6.55. The maximum atomic E-state index is 4.46. The van der Waals surface area contributed by atoms with Crippen molar-refractivity contribution < 1.29 is 0 Å². The van der Waals surface area contributed by atoms with Gasteiger partial charge in [-0.15, -0.1) is 24.0 Å². The molecule has 1 aliphatic carbocycles. The molecule has 2 fully saturated rings. The van der Waals surface area contributed by atoms with E-state index >= 15 is 0 Å². The van der Waals surface area contributed by atoms with Crippen LogP contribution in [0.25, 0.3) is 0 Å². The molecular weight excluding hydrogens is 403 g/mol. The SMILES string of the molecule is CN=C(NCc1c(C)nn(C)c1C)NC1CCN(C2CC2)C1.I. The van der Waals surface area contributed by atoms with Crippen LogP contribution in [0.1, 0.15) is 36.2 Å². The molecule has 1 atom stereocenters. The van der Waals surface area contributed by atoms with E-state index in [4.69, 9.17) is 0 Å². The molecule has 0 amide bonds. The van der Waals surface area contributed by atoms with Gasteiger partial charge in [-0.1, -0.05) is 0 Å². The van der Waals surface area contributed by atoms with Gasteiger partial charge in [-0.05, 0) is 33.1 Å². The van der Waals surface area contributed by atoms with Crippen molar-refractivity contribution in [2.24, 2.45) is 12.0 Å². The average Bonchev–Trinajstić information content (AvgIpc) is 3.19. The first-order chi connectivity index (χ1) is 10.6. The zero-order chi connectivity index (χ0) is 15.7. The minimum atomic E-state index is 0. The van der Waals surface area contributed by atoms with Gasteiger partial charge in [-0.3, -0.25) is 14.6 Å². The van der Waals surface area contributed by atoms with Crippen LogP contribution in [0.3, 0.4) is 0 Å². The van der Waals surface area contributed by atoms with Gasteiger partial charge in [0.2, 0.25) is 0 Å². The summed E-state index contributed by atoms with van der Waals surface area (Å²) in [6, 6.07) is 1.38. The number of aryl methyl sites for hydroxylation is 2. The molecule has 23 heavy (non-hydrogen) atoms. The highest BCUT2D eigenvalue weighted by Crippen LogP contribution is 2.29. The van der Waals surface area contributed by atoms with Crippen LogP contribution in [0.5, 0.6) is 0 Å². The molecule has 0 spiro atoms. The molecule has 7 heteroatoms. The Labute approximate surface area is 156 Å². The van der Waals surface area contributed by atoms with E-state index in [0.29, 0.717) is 6.04 Å². The van der Waals surface area contributed by atoms with E-state index in [1.165, 1.54) is 37.1 Å². The number of nitrogens with one attached hydrogen (secondary N) is 2. The summed E-state index contributed by atoms with van der Waals surface area (Å²) >= 11 is 0. The zero-order valence-electron chi connectivity index (χ0n) is 14.6. The van der Waals surface area contributed by atoms with Crippen LogP contribution in [0, 0.1) is 13.8 Å². The van der Waals surface area contributed by atoms with Crippen molar-refractivity contribution in [3.63, 3.8) is 0 Å². The Hall–Kier alpha value is -0.830. The van der Waals surface area contributed by atoms with Gasteiger partial charge in [-0.25, -0.2) is 0 Å². The number of likely N-dealkylation sites (tertiary alicyclic amines) is 1. The summed E-state index contributed by atoms with van der Waals surface area (Å²) in [6.07, 6.45) is 3.99. The third-order valence-corrected chi connectivity index (χ3v) is 4.94. The van der Waals surface area contributed by atoms with Crippen molar-refractivity contribution in [1.29, 1.82) is 0 Å². The zero-order valence-corrected chi connectivity index (χ0v) is 16.9. The second kappa shape index (κ2) is 7.83. The lowest BCUT2D eigenvalue weighted by Gasteiger charge is -2.18. The van der Waals surface area contributed by atoms with Gasteiger partial charge in [0.1, 0.15) is 0 Å². The monoisotopic (exact) mass is 432 g/mol. The van der Waals surface area contributed by atoms with E-state index in [2.05, 4.69) is 39.5 Å². The normalized spacial score (nSPS) is 22.1. The van der Waals surface area contributed by atoms with Gasteiger partial charge < -0.3 is 10.6 Å². The van der Waals surface area contributed by atoms with E-state index in [9.17, 15) is 0 Å². The molecular formula is C16H29IN6. The summed E-state index contributed by atoms with van der Waals surface area (Å²) in [4.78, 5) is 6.98. The third-order valence-electron chi connectivity index (χ3n) is 4.94. The summed E-state index contributed by atoms with van der Waals surface area (Å²) in [5, 5.41) is 11.5. The predicted molar refractivity (Wildman–Crippen MR) is 104 cm³/mol. The number of halogens is 1. The maximum absolute atomic E-state index is 4.46. The molecule has 3 rings (SSSR count). The van der Waals surface area contributed by atoms with Crippen LogP contribution in [-0.4, -0.2) is 52.9 Å². The lowest BCUT2D eigenvalue weighted by atomic mass is 10.2. The lowest BCUT2D eigenvalue weighted by molar-refractivity contribution is 0.321. The van der Waals surface area contributed by atoms with E-state index in [1.54, 1.807) is 0 Å². The maximum Gasteiger partial charge on any atom is 0.191 e. The van der Waals surface area contributed by atoms with E-state index in [0.717, 1.165) is 30.8 Å². The highest BCUT2D eigenvalue weighted by molar-refractivity contribution is 14.0. The van der Waals surface area contributed by atoms with Gasteiger partial charge in [0.15, 0.2) is 5.96 Å². The highest BCUT2D eigenvalue weighted by Gasteiger charge is 2.34. The molecule has 0 radical (unpaired) electrons. The Balaban J connectivity index is 0.00000192. The van der Waals surface area contributed by atoms with Crippen LogP contribution in [-0.2, 0) is 13.6 Å². The van der Waals surface area contributed by atoms with E-state index in [-0.39, 0.29) is 24.0 Å². The van der Waals surface area contributed by atoms with Gasteiger partial charge in [0, 0.05) is 57.1 Å². The fourth-order valence-electron chi connectivity index (χ4n) is 3.31. The third kappa shape index (κ3) is 4.37. The molecule has 6 nitrogen and oxygen atoms in total. The fraction of sp³-hybridized carbons (Fsp3) is 0.750. The smallest absolute Gasteiger partial charge is 0.191 e. The molecule has 1 aromatic heterocycles. The summed E-state index contributed by atoms with van der Waals surface area (Å²) in [5.41, 5.74) is 3.56. The number of guanidine groups is 1. The summed E-state index contributed by atoms with van der Waals surface area (Å²) in [6.45, 7) is 7.31. The van der Waals surface area contributed by atoms with Crippen LogP contribution in [0.4, 0.5) is 0 Å². The minimum absolute atomic E-state index is 0. The van der Waals surface area contributed by atoms with Gasteiger partial charge in [-0.2, -0.15) is 5.10 Å². The van der Waals surface area contributed by atoms with Crippen LogP contribution in [0.2, 0.25) is 0 Å². The summed E-state index contributed by atoms with van der Waals surface area (Å²) in [5.74, 6) is 0.894. The number of hydrogen-bond donors (Lipinski definition) is 2. The minimum Gasteiger partial charge on any atom is -0.352 e. The summed E-state index contributed by atoms with van der Waals surface area (Å²) < 4.78 is 1.94. The van der Waals surface area contributed by atoms with Crippen molar-refractivity contribution in [2.45, 2.75) is 51.7 Å². The Morgan fingerprint density at radius 1 is 1.30 bits per heavy atom. The highest BCUT2D eigenvalue weighted by atomic mass is 127. The molecule has 0 aromatic carbocycles. The number of hydrogen-bond acceptors (Lipinski definition) is 3. The molecule has 1 aromatic rings. The quantitative estimate of drug-likeness (QED) is 0.431. The van der Waals surface area contributed by atoms with E-state index in [1.807, 2.05) is 18.8 Å².